The van der Waals surface area contributed by atoms with Crippen LogP contribution in [0.4, 0.5) is 5.69 Å². The van der Waals surface area contributed by atoms with Gasteiger partial charge in [-0.15, -0.1) is 21.5 Å². The molecule has 1 aromatic carbocycles. The molecular weight excluding hydrogens is 468 g/mol. The number of rotatable bonds is 6. The quantitative estimate of drug-likeness (QED) is 0.305. The first-order chi connectivity index (χ1) is 16.7. The van der Waals surface area contributed by atoms with Gasteiger partial charge in [0.05, 0.1) is 24.9 Å². The molecule has 1 aliphatic rings. The fourth-order valence-electron chi connectivity index (χ4n) is 3.75. The van der Waals surface area contributed by atoms with Crippen molar-refractivity contribution in [2.45, 2.75) is 33.2 Å². The molecule has 2 aromatic heterocycles. The minimum atomic E-state index is -1.21. The number of aryl methyl sites for hydroxylation is 2. The van der Waals surface area contributed by atoms with Crippen LogP contribution in [-0.4, -0.2) is 50.8 Å². The SMILES string of the molecule is COC(=O)CC1N=C(c2ccc(N=CC=C(N)C(=O)O)cc2)c2c(sc(C)c2C)-n2c(C)nnc21. The Morgan fingerprint density at radius 3 is 2.60 bits per heavy atom. The van der Waals surface area contributed by atoms with Gasteiger partial charge >= 0.3 is 11.9 Å². The molecule has 0 bridgehead atoms. The van der Waals surface area contributed by atoms with Crippen LogP contribution < -0.4 is 5.73 Å². The molecule has 10 nitrogen and oxygen atoms in total. The molecule has 35 heavy (non-hydrogen) atoms. The fourth-order valence-corrected chi connectivity index (χ4v) is 4.96. The standard InChI is InChI=1S/C24H24N6O4S/c1-12-13(2)35-23-20(12)21(15-5-7-16(8-6-15)26-10-9-17(25)24(32)33)27-18(11-19(31)34-4)22-29-28-14(3)30(22)23/h5-10,18H,11,25H2,1-4H3,(H,32,33). The van der Waals surface area contributed by atoms with Gasteiger partial charge in [0.15, 0.2) is 5.82 Å². The third-order valence-corrected chi connectivity index (χ3v) is 6.88. The first kappa shape index (κ1) is 24.0. The lowest BCUT2D eigenvalue weighted by molar-refractivity contribution is -0.141. The second-order valence-electron chi connectivity index (χ2n) is 7.93. The van der Waals surface area contributed by atoms with Crippen LogP contribution in [-0.2, 0) is 14.3 Å². The average Bonchev–Trinajstić information content (AvgIpc) is 3.31. The molecule has 0 saturated carbocycles. The molecule has 0 aliphatic carbocycles. The number of ether oxygens (including phenoxy) is 1. The van der Waals surface area contributed by atoms with Crippen LogP contribution >= 0.6 is 11.3 Å². The molecule has 3 N–H and O–H groups in total. The van der Waals surface area contributed by atoms with E-state index in [4.69, 9.17) is 20.6 Å². The molecule has 0 saturated heterocycles. The molecule has 1 atom stereocenters. The highest BCUT2D eigenvalue weighted by Gasteiger charge is 2.32. The largest absolute Gasteiger partial charge is 0.477 e. The Kier molecular flexibility index (Phi) is 6.61. The van der Waals surface area contributed by atoms with Gasteiger partial charge in [-0.3, -0.25) is 19.3 Å². The van der Waals surface area contributed by atoms with Crippen molar-refractivity contribution in [2.75, 3.05) is 7.11 Å². The summed E-state index contributed by atoms with van der Waals surface area (Å²) in [7, 11) is 1.35. The number of esters is 1. The minimum absolute atomic E-state index is 0.0326. The first-order valence-corrected chi connectivity index (χ1v) is 11.5. The summed E-state index contributed by atoms with van der Waals surface area (Å²) >= 11 is 1.63. The van der Waals surface area contributed by atoms with Crippen molar-refractivity contribution in [2.24, 2.45) is 15.7 Å². The highest BCUT2D eigenvalue weighted by molar-refractivity contribution is 7.15. The predicted octanol–water partition coefficient (Wildman–Crippen LogP) is 3.34. The van der Waals surface area contributed by atoms with Crippen molar-refractivity contribution < 1.29 is 19.4 Å². The van der Waals surface area contributed by atoms with Crippen molar-refractivity contribution in [3.05, 3.63) is 69.3 Å². The van der Waals surface area contributed by atoms with Crippen LogP contribution in [0.3, 0.4) is 0 Å². The minimum Gasteiger partial charge on any atom is -0.477 e. The second kappa shape index (κ2) is 9.63. The van der Waals surface area contributed by atoms with Crippen LogP contribution in [0.1, 0.15) is 45.7 Å². The summed E-state index contributed by atoms with van der Waals surface area (Å²) < 4.78 is 6.89. The number of fused-ring (bicyclic) bond motifs is 3. The van der Waals surface area contributed by atoms with E-state index in [1.54, 1.807) is 23.5 Å². The number of aliphatic carboxylic acids is 1. The Morgan fingerprint density at radius 1 is 1.23 bits per heavy atom. The third-order valence-electron chi connectivity index (χ3n) is 5.69. The van der Waals surface area contributed by atoms with Gasteiger partial charge in [-0.1, -0.05) is 12.1 Å². The lowest BCUT2D eigenvalue weighted by Crippen LogP contribution is -2.12. The number of hydrogen-bond donors (Lipinski definition) is 2. The fraction of sp³-hybridized carbons (Fsp3) is 0.250. The normalized spacial score (nSPS) is 15.4. The zero-order valence-corrected chi connectivity index (χ0v) is 20.5. The summed E-state index contributed by atoms with van der Waals surface area (Å²) in [5.74, 6) is -0.286. The highest BCUT2D eigenvalue weighted by Crippen LogP contribution is 2.39. The van der Waals surface area contributed by atoms with E-state index in [-0.39, 0.29) is 18.1 Å². The molecule has 3 aromatic rings. The molecular formula is C24H24N6O4S. The van der Waals surface area contributed by atoms with Gasteiger partial charge in [0.25, 0.3) is 0 Å². The van der Waals surface area contributed by atoms with E-state index in [1.807, 2.05) is 23.6 Å². The number of hydrogen-bond acceptors (Lipinski definition) is 9. The van der Waals surface area contributed by atoms with E-state index in [1.165, 1.54) is 19.4 Å². The number of aromatic nitrogens is 3. The van der Waals surface area contributed by atoms with Gasteiger partial charge < -0.3 is 15.6 Å². The van der Waals surface area contributed by atoms with Crippen LogP contribution in [0.5, 0.6) is 0 Å². The van der Waals surface area contributed by atoms with Gasteiger partial charge in [0, 0.05) is 22.2 Å². The third kappa shape index (κ3) is 4.62. The number of carbonyl (C=O) groups excluding carboxylic acids is 1. The zero-order chi connectivity index (χ0) is 25.3. The Balaban J connectivity index is 1.81. The number of methoxy groups -OCH3 is 1. The van der Waals surface area contributed by atoms with Gasteiger partial charge in [-0.2, -0.15) is 0 Å². The molecule has 0 spiro atoms. The summed E-state index contributed by atoms with van der Waals surface area (Å²) in [6.07, 6.45) is 2.60. The van der Waals surface area contributed by atoms with Crippen LogP contribution in [0, 0.1) is 20.8 Å². The number of aliphatic imine (C=N–C) groups is 2. The number of nitrogens with two attached hydrogens (primary N) is 1. The Bertz CT molecular complexity index is 1400. The summed E-state index contributed by atoms with van der Waals surface area (Å²) in [6.45, 7) is 5.99. The van der Waals surface area contributed by atoms with Crippen LogP contribution in [0.2, 0.25) is 0 Å². The monoisotopic (exact) mass is 492 g/mol. The van der Waals surface area contributed by atoms with Crippen molar-refractivity contribution in [3.8, 4) is 5.00 Å². The first-order valence-electron chi connectivity index (χ1n) is 10.7. The van der Waals surface area contributed by atoms with Gasteiger partial charge in [0.2, 0.25) is 0 Å². The van der Waals surface area contributed by atoms with Crippen molar-refractivity contribution in [1.82, 2.24) is 14.8 Å². The van der Waals surface area contributed by atoms with E-state index in [0.29, 0.717) is 17.3 Å². The van der Waals surface area contributed by atoms with Gasteiger partial charge in [-0.25, -0.2) is 4.79 Å². The number of nitrogens with zero attached hydrogens (tertiary/aromatic N) is 5. The summed E-state index contributed by atoms with van der Waals surface area (Å²) in [6, 6.07) is 6.82. The molecule has 0 amide bonds. The van der Waals surface area contributed by atoms with E-state index in [9.17, 15) is 9.59 Å². The summed E-state index contributed by atoms with van der Waals surface area (Å²) in [5.41, 5.74) is 9.36. The molecule has 0 radical (unpaired) electrons. The molecule has 1 unspecified atom stereocenters. The highest BCUT2D eigenvalue weighted by atomic mass is 32.1. The smallest absolute Gasteiger partial charge is 0.351 e. The number of benzene rings is 1. The number of carboxylic acids is 1. The molecule has 4 rings (SSSR count). The molecule has 0 fully saturated rings. The predicted molar refractivity (Wildman–Crippen MR) is 133 cm³/mol. The lowest BCUT2D eigenvalue weighted by atomic mass is 9.99. The molecule has 1 aliphatic heterocycles. The van der Waals surface area contributed by atoms with Gasteiger partial charge in [0.1, 0.15) is 22.6 Å². The number of carboxylic acid groups (broad SMARTS) is 1. The number of carbonyl (C=O) groups is 2. The number of allylic oxidation sites excluding steroid dienone is 1. The average molecular weight is 493 g/mol. The Morgan fingerprint density at radius 2 is 1.94 bits per heavy atom. The Hall–Kier alpha value is -4.12. The van der Waals surface area contributed by atoms with E-state index in [2.05, 4.69) is 29.0 Å². The summed E-state index contributed by atoms with van der Waals surface area (Å²) in [4.78, 5) is 33.4. The molecule has 180 valence electrons. The van der Waals surface area contributed by atoms with E-state index in [0.717, 1.165) is 32.3 Å². The van der Waals surface area contributed by atoms with Crippen LogP contribution in [0.15, 0.2) is 46.0 Å². The maximum absolute atomic E-state index is 12.2. The zero-order valence-electron chi connectivity index (χ0n) is 19.6. The van der Waals surface area contributed by atoms with Gasteiger partial charge in [-0.05, 0) is 44.5 Å². The molecule has 11 heteroatoms. The Labute approximate surface area is 205 Å². The molecule has 3 heterocycles. The number of thiophene rings is 1. The second-order valence-corrected chi connectivity index (χ2v) is 9.13. The summed E-state index contributed by atoms with van der Waals surface area (Å²) in [5, 5.41) is 18.4. The van der Waals surface area contributed by atoms with Crippen LogP contribution in [0.25, 0.3) is 5.00 Å². The maximum atomic E-state index is 12.2. The maximum Gasteiger partial charge on any atom is 0.351 e. The topological polar surface area (TPSA) is 145 Å². The van der Waals surface area contributed by atoms with Crippen molar-refractivity contribution in [1.29, 1.82) is 0 Å². The van der Waals surface area contributed by atoms with E-state index < -0.39 is 12.0 Å². The lowest BCUT2D eigenvalue weighted by Gasteiger charge is -2.11. The van der Waals surface area contributed by atoms with Crippen molar-refractivity contribution in [3.63, 3.8) is 0 Å². The van der Waals surface area contributed by atoms with E-state index >= 15 is 0 Å². The van der Waals surface area contributed by atoms with Crippen molar-refractivity contribution >= 4 is 40.9 Å².